The summed E-state index contributed by atoms with van der Waals surface area (Å²) >= 11 is 0. The number of benzene rings is 2. The molecule has 3 aromatic rings. The molecule has 0 amide bonds. The average molecular weight is 238 g/mol. The van der Waals surface area contributed by atoms with Crippen molar-refractivity contribution in [1.82, 2.24) is 9.78 Å². The smallest absolute Gasteiger partial charge is 0.119 e. The van der Waals surface area contributed by atoms with E-state index in [0.717, 1.165) is 27.6 Å². The van der Waals surface area contributed by atoms with Crippen LogP contribution in [0.3, 0.4) is 0 Å². The molecule has 18 heavy (non-hydrogen) atoms. The summed E-state index contributed by atoms with van der Waals surface area (Å²) in [5.74, 6) is 0.332. The van der Waals surface area contributed by atoms with Crippen molar-refractivity contribution in [2.45, 2.75) is 6.92 Å². The first kappa shape index (κ1) is 10.8. The maximum atomic E-state index is 9.76. The summed E-state index contributed by atoms with van der Waals surface area (Å²) < 4.78 is 1.81. The summed E-state index contributed by atoms with van der Waals surface area (Å²) in [5, 5.41) is 15.2. The summed E-state index contributed by atoms with van der Waals surface area (Å²) in [6.07, 6.45) is 2.00. The Labute approximate surface area is 105 Å². The van der Waals surface area contributed by atoms with E-state index in [9.17, 15) is 5.11 Å². The van der Waals surface area contributed by atoms with Crippen LogP contribution in [0.15, 0.2) is 42.6 Å². The van der Waals surface area contributed by atoms with E-state index < -0.39 is 0 Å². The van der Waals surface area contributed by atoms with Gasteiger partial charge in [0.15, 0.2) is 0 Å². The van der Waals surface area contributed by atoms with Crippen LogP contribution in [0, 0.1) is 6.92 Å². The van der Waals surface area contributed by atoms with E-state index in [1.54, 1.807) is 6.07 Å². The second-order valence-corrected chi connectivity index (χ2v) is 4.53. The standard InChI is InChI=1S/C15H14N2O/c1-10-13(4-3-5-15(10)18)11-6-7-14-12(8-11)9-17(2)16-14/h3-9,18H,1-2H3. The highest BCUT2D eigenvalue weighted by Gasteiger charge is 2.07. The average Bonchev–Trinajstić information content (AvgIpc) is 2.71. The highest BCUT2D eigenvalue weighted by atomic mass is 16.3. The van der Waals surface area contributed by atoms with Gasteiger partial charge < -0.3 is 5.11 Å². The molecule has 0 fully saturated rings. The second-order valence-electron chi connectivity index (χ2n) is 4.53. The van der Waals surface area contributed by atoms with Crippen molar-refractivity contribution in [1.29, 1.82) is 0 Å². The van der Waals surface area contributed by atoms with Crippen LogP contribution in [-0.4, -0.2) is 14.9 Å². The van der Waals surface area contributed by atoms with Crippen LogP contribution in [0.2, 0.25) is 0 Å². The number of phenolic OH excluding ortho intramolecular Hbond substituents is 1. The van der Waals surface area contributed by atoms with Crippen molar-refractivity contribution in [3.63, 3.8) is 0 Å². The number of aromatic hydroxyl groups is 1. The molecule has 3 rings (SSSR count). The fourth-order valence-corrected chi connectivity index (χ4v) is 2.25. The molecule has 3 heteroatoms. The molecule has 1 heterocycles. The van der Waals surface area contributed by atoms with Gasteiger partial charge >= 0.3 is 0 Å². The molecule has 0 radical (unpaired) electrons. The lowest BCUT2D eigenvalue weighted by Crippen LogP contribution is -1.84. The van der Waals surface area contributed by atoms with Gasteiger partial charge in [0, 0.05) is 18.6 Å². The van der Waals surface area contributed by atoms with Crippen LogP contribution in [0.1, 0.15) is 5.56 Å². The lowest BCUT2D eigenvalue weighted by molar-refractivity contribution is 0.471. The van der Waals surface area contributed by atoms with Gasteiger partial charge in [-0.2, -0.15) is 5.10 Å². The number of aryl methyl sites for hydroxylation is 1. The molecule has 0 aliphatic carbocycles. The largest absolute Gasteiger partial charge is 0.508 e. The van der Waals surface area contributed by atoms with E-state index in [1.165, 1.54) is 0 Å². The lowest BCUT2D eigenvalue weighted by Gasteiger charge is -2.07. The first-order valence-electron chi connectivity index (χ1n) is 5.87. The Kier molecular flexibility index (Phi) is 2.33. The van der Waals surface area contributed by atoms with Crippen LogP contribution in [0.5, 0.6) is 5.75 Å². The van der Waals surface area contributed by atoms with Gasteiger partial charge in [0.05, 0.1) is 5.52 Å². The Morgan fingerprint density at radius 1 is 1.17 bits per heavy atom. The molecular weight excluding hydrogens is 224 g/mol. The summed E-state index contributed by atoms with van der Waals surface area (Å²) in [6, 6.07) is 11.7. The molecule has 0 aliphatic rings. The molecule has 0 saturated carbocycles. The molecule has 0 spiro atoms. The Morgan fingerprint density at radius 3 is 2.83 bits per heavy atom. The van der Waals surface area contributed by atoms with Crippen molar-refractivity contribution in [3.8, 4) is 16.9 Å². The van der Waals surface area contributed by atoms with Crippen molar-refractivity contribution in [2.75, 3.05) is 0 Å². The monoisotopic (exact) mass is 238 g/mol. The Balaban J connectivity index is 2.22. The van der Waals surface area contributed by atoms with Crippen LogP contribution < -0.4 is 0 Å². The van der Waals surface area contributed by atoms with Gasteiger partial charge in [0.1, 0.15) is 5.75 Å². The highest BCUT2D eigenvalue weighted by molar-refractivity contribution is 5.85. The molecule has 0 unspecified atom stereocenters. The molecule has 90 valence electrons. The van der Waals surface area contributed by atoms with Gasteiger partial charge in [-0.05, 0) is 41.8 Å². The van der Waals surface area contributed by atoms with Crippen molar-refractivity contribution in [2.24, 2.45) is 7.05 Å². The third kappa shape index (κ3) is 1.64. The number of aromatic nitrogens is 2. The number of hydrogen-bond acceptors (Lipinski definition) is 2. The van der Waals surface area contributed by atoms with Crippen molar-refractivity contribution >= 4 is 10.9 Å². The lowest BCUT2D eigenvalue weighted by atomic mass is 9.99. The predicted octanol–water partition coefficient (Wildman–Crippen LogP) is 3.25. The molecular formula is C15H14N2O. The summed E-state index contributed by atoms with van der Waals surface area (Å²) in [7, 11) is 1.92. The van der Waals surface area contributed by atoms with Crippen molar-refractivity contribution < 1.29 is 5.11 Å². The third-order valence-electron chi connectivity index (χ3n) is 3.24. The zero-order chi connectivity index (χ0) is 12.7. The van der Waals surface area contributed by atoms with E-state index in [-0.39, 0.29) is 0 Å². The third-order valence-corrected chi connectivity index (χ3v) is 3.24. The molecule has 0 saturated heterocycles. The van der Waals surface area contributed by atoms with Crippen LogP contribution in [0.4, 0.5) is 0 Å². The zero-order valence-corrected chi connectivity index (χ0v) is 10.4. The maximum Gasteiger partial charge on any atom is 0.119 e. The van der Waals surface area contributed by atoms with E-state index >= 15 is 0 Å². The molecule has 0 atom stereocenters. The van der Waals surface area contributed by atoms with Crippen molar-refractivity contribution in [3.05, 3.63) is 48.2 Å². The second kappa shape index (κ2) is 3.88. The minimum atomic E-state index is 0.332. The Bertz CT molecular complexity index is 728. The van der Waals surface area contributed by atoms with Crippen LogP contribution >= 0.6 is 0 Å². The summed E-state index contributed by atoms with van der Waals surface area (Å²) in [5.41, 5.74) is 4.05. The van der Waals surface area contributed by atoms with Crippen LogP contribution in [0.25, 0.3) is 22.0 Å². The Morgan fingerprint density at radius 2 is 2.00 bits per heavy atom. The first-order valence-corrected chi connectivity index (χ1v) is 5.87. The van der Waals surface area contributed by atoms with Gasteiger partial charge in [0.2, 0.25) is 0 Å². The zero-order valence-electron chi connectivity index (χ0n) is 10.4. The van der Waals surface area contributed by atoms with Gasteiger partial charge in [-0.15, -0.1) is 0 Å². The normalized spacial score (nSPS) is 11.0. The summed E-state index contributed by atoms with van der Waals surface area (Å²) in [6.45, 7) is 1.93. The van der Waals surface area contributed by atoms with Crippen LogP contribution in [-0.2, 0) is 7.05 Å². The van der Waals surface area contributed by atoms with E-state index in [4.69, 9.17) is 0 Å². The topological polar surface area (TPSA) is 38.1 Å². The first-order chi connectivity index (χ1) is 8.65. The summed E-state index contributed by atoms with van der Waals surface area (Å²) in [4.78, 5) is 0. The molecule has 1 N–H and O–H groups in total. The van der Waals surface area contributed by atoms with Gasteiger partial charge in [-0.3, -0.25) is 4.68 Å². The maximum absolute atomic E-state index is 9.76. The quantitative estimate of drug-likeness (QED) is 0.706. The van der Waals surface area contributed by atoms with E-state index in [0.29, 0.717) is 5.75 Å². The minimum Gasteiger partial charge on any atom is -0.508 e. The molecule has 1 aromatic heterocycles. The highest BCUT2D eigenvalue weighted by Crippen LogP contribution is 2.30. The van der Waals surface area contributed by atoms with Gasteiger partial charge in [0.25, 0.3) is 0 Å². The fourth-order valence-electron chi connectivity index (χ4n) is 2.25. The van der Waals surface area contributed by atoms with Gasteiger partial charge in [-0.25, -0.2) is 0 Å². The number of hydrogen-bond donors (Lipinski definition) is 1. The molecule has 3 nitrogen and oxygen atoms in total. The SMILES string of the molecule is Cc1c(O)cccc1-c1ccc2nn(C)cc2c1. The fraction of sp³-hybridized carbons (Fsp3) is 0.133. The number of phenols is 1. The minimum absolute atomic E-state index is 0.332. The van der Waals surface area contributed by atoms with E-state index in [2.05, 4.69) is 11.2 Å². The molecule has 2 aromatic carbocycles. The molecule has 0 bridgehead atoms. The van der Waals surface area contributed by atoms with Gasteiger partial charge in [-0.1, -0.05) is 18.2 Å². The number of nitrogens with zero attached hydrogens (tertiary/aromatic N) is 2. The number of rotatable bonds is 1. The number of fused-ring (bicyclic) bond motifs is 1. The predicted molar refractivity (Wildman–Crippen MR) is 72.6 cm³/mol. The Hall–Kier alpha value is -2.29. The molecule has 0 aliphatic heterocycles. The van der Waals surface area contributed by atoms with E-state index in [1.807, 2.05) is 49.1 Å².